The second kappa shape index (κ2) is 8.19. The van der Waals surface area contributed by atoms with E-state index < -0.39 is 5.91 Å². The molecule has 4 N–H and O–H groups in total. The number of nitrogens with one attached hydrogen (secondary N) is 2. The standard InChI is InChI=1S/C17H18ClN3O2/c18-14-7-5-12(6-8-14)15-4-2-1-3-13(15)11-21-17(23)20-10-9-16(19)22/h1-8H,9-11H2,(H2,19,22)(H2,20,21,23). The molecule has 0 unspecified atom stereocenters. The first-order valence-corrected chi connectivity index (χ1v) is 7.58. The van der Waals surface area contributed by atoms with Crippen LogP contribution in [-0.2, 0) is 11.3 Å². The van der Waals surface area contributed by atoms with E-state index in [1.807, 2.05) is 48.5 Å². The van der Waals surface area contributed by atoms with Crippen molar-refractivity contribution in [3.05, 3.63) is 59.1 Å². The molecular formula is C17H18ClN3O2. The number of hydrogen-bond donors (Lipinski definition) is 3. The molecule has 0 fully saturated rings. The minimum atomic E-state index is -0.446. The summed E-state index contributed by atoms with van der Waals surface area (Å²) in [6, 6.07) is 15.0. The van der Waals surface area contributed by atoms with Gasteiger partial charge in [-0.05, 0) is 28.8 Å². The average Bonchev–Trinajstić information content (AvgIpc) is 2.54. The van der Waals surface area contributed by atoms with Gasteiger partial charge in [-0.2, -0.15) is 0 Å². The fourth-order valence-corrected chi connectivity index (χ4v) is 2.25. The highest BCUT2D eigenvalue weighted by Gasteiger charge is 2.06. The van der Waals surface area contributed by atoms with Crippen LogP contribution in [0, 0.1) is 0 Å². The molecule has 0 heterocycles. The Kier molecular flexibility index (Phi) is 6.00. The number of primary amides is 1. The van der Waals surface area contributed by atoms with Crippen LogP contribution in [0.25, 0.3) is 11.1 Å². The molecule has 0 aromatic heterocycles. The van der Waals surface area contributed by atoms with Crippen LogP contribution in [0.2, 0.25) is 5.02 Å². The Morgan fingerprint density at radius 1 is 1.00 bits per heavy atom. The van der Waals surface area contributed by atoms with E-state index in [1.54, 1.807) is 0 Å². The summed E-state index contributed by atoms with van der Waals surface area (Å²) in [5.41, 5.74) is 8.06. The molecule has 0 saturated carbocycles. The molecule has 0 radical (unpaired) electrons. The van der Waals surface area contributed by atoms with E-state index in [0.29, 0.717) is 11.6 Å². The first kappa shape index (κ1) is 16.8. The van der Waals surface area contributed by atoms with Crippen LogP contribution in [0.5, 0.6) is 0 Å². The number of hydrogen-bond acceptors (Lipinski definition) is 2. The van der Waals surface area contributed by atoms with E-state index in [-0.39, 0.29) is 19.0 Å². The van der Waals surface area contributed by atoms with Gasteiger partial charge >= 0.3 is 6.03 Å². The van der Waals surface area contributed by atoms with Crippen LogP contribution in [0.15, 0.2) is 48.5 Å². The van der Waals surface area contributed by atoms with E-state index in [1.165, 1.54) is 0 Å². The zero-order valence-electron chi connectivity index (χ0n) is 12.5. The lowest BCUT2D eigenvalue weighted by Gasteiger charge is -2.11. The van der Waals surface area contributed by atoms with Crippen molar-refractivity contribution in [3.63, 3.8) is 0 Å². The van der Waals surface area contributed by atoms with E-state index in [0.717, 1.165) is 16.7 Å². The summed E-state index contributed by atoms with van der Waals surface area (Å²) in [7, 11) is 0. The van der Waals surface area contributed by atoms with Gasteiger partial charge in [0.1, 0.15) is 0 Å². The van der Waals surface area contributed by atoms with Crippen LogP contribution in [0.3, 0.4) is 0 Å². The lowest BCUT2D eigenvalue weighted by atomic mass is 10.00. The topological polar surface area (TPSA) is 84.2 Å². The fraction of sp³-hybridized carbons (Fsp3) is 0.176. The van der Waals surface area contributed by atoms with E-state index in [2.05, 4.69) is 10.6 Å². The summed E-state index contributed by atoms with van der Waals surface area (Å²) in [6.45, 7) is 0.598. The zero-order chi connectivity index (χ0) is 16.7. The van der Waals surface area contributed by atoms with Crippen LogP contribution < -0.4 is 16.4 Å². The van der Waals surface area contributed by atoms with Gasteiger partial charge in [0.15, 0.2) is 0 Å². The van der Waals surface area contributed by atoms with Crippen molar-refractivity contribution < 1.29 is 9.59 Å². The van der Waals surface area contributed by atoms with Crippen LogP contribution in [-0.4, -0.2) is 18.5 Å². The Bertz CT molecular complexity index is 686. The number of halogens is 1. The minimum absolute atomic E-state index is 0.120. The highest BCUT2D eigenvalue weighted by atomic mass is 35.5. The molecule has 0 bridgehead atoms. The van der Waals surface area contributed by atoms with Crippen molar-refractivity contribution in [1.29, 1.82) is 0 Å². The van der Waals surface area contributed by atoms with Crippen molar-refractivity contribution in [2.75, 3.05) is 6.54 Å². The number of nitrogens with two attached hydrogens (primary N) is 1. The third kappa shape index (κ3) is 5.30. The molecule has 2 aromatic rings. The largest absolute Gasteiger partial charge is 0.370 e. The Morgan fingerprint density at radius 2 is 1.70 bits per heavy atom. The maximum atomic E-state index is 11.7. The molecule has 0 aliphatic heterocycles. The number of urea groups is 1. The molecule has 0 aliphatic carbocycles. The molecule has 0 atom stereocenters. The number of rotatable bonds is 6. The first-order chi connectivity index (χ1) is 11.1. The molecule has 6 heteroatoms. The Hall–Kier alpha value is -2.53. The fourth-order valence-electron chi connectivity index (χ4n) is 2.12. The van der Waals surface area contributed by atoms with Crippen LogP contribution in [0.1, 0.15) is 12.0 Å². The van der Waals surface area contributed by atoms with Crippen molar-refractivity contribution in [2.45, 2.75) is 13.0 Å². The summed E-state index contributed by atoms with van der Waals surface area (Å²) < 4.78 is 0. The third-order valence-electron chi connectivity index (χ3n) is 3.27. The van der Waals surface area contributed by atoms with Gasteiger partial charge in [-0.3, -0.25) is 4.79 Å². The monoisotopic (exact) mass is 331 g/mol. The Balaban J connectivity index is 1.99. The van der Waals surface area contributed by atoms with Gasteiger partial charge in [0.25, 0.3) is 0 Å². The number of carbonyl (C=O) groups excluding carboxylic acids is 2. The molecule has 23 heavy (non-hydrogen) atoms. The number of carbonyl (C=O) groups is 2. The predicted octanol–water partition coefficient (Wildman–Crippen LogP) is 2.68. The van der Waals surface area contributed by atoms with Gasteiger partial charge in [-0.1, -0.05) is 48.0 Å². The Labute approximate surface area is 139 Å². The van der Waals surface area contributed by atoms with Crippen molar-refractivity contribution >= 4 is 23.5 Å². The van der Waals surface area contributed by atoms with Gasteiger partial charge < -0.3 is 16.4 Å². The van der Waals surface area contributed by atoms with Gasteiger partial charge in [0.2, 0.25) is 5.91 Å². The van der Waals surface area contributed by atoms with Crippen molar-refractivity contribution in [2.24, 2.45) is 5.73 Å². The molecule has 3 amide bonds. The van der Waals surface area contributed by atoms with Crippen molar-refractivity contribution in [1.82, 2.24) is 10.6 Å². The van der Waals surface area contributed by atoms with Crippen molar-refractivity contribution in [3.8, 4) is 11.1 Å². The molecule has 0 aliphatic rings. The highest BCUT2D eigenvalue weighted by molar-refractivity contribution is 6.30. The lowest BCUT2D eigenvalue weighted by Crippen LogP contribution is -2.36. The SMILES string of the molecule is NC(=O)CCNC(=O)NCc1ccccc1-c1ccc(Cl)cc1. The average molecular weight is 332 g/mol. The minimum Gasteiger partial charge on any atom is -0.370 e. The smallest absolute Gasteiger partial charge is 0.315 e. The second-order valence-electron chi connectivity index (χ2n) is 4.99. The first-order valence-electron chi connectivity index (χ1n) is 7.20. The molecule has 5 nitrogen and oxygen atoms in total. The summed E-state index contributed by atoms with van der Waals surface area (Å²) in [5, 5.41) is 6.03. The van der Waals surface area contributed by atoms with Gasteiger partial charge in [0.05, 0.1) is 0 Å². The van der Waals surface area contributed by atoms with E-state index >= 15 is 0 Å². The second-order valence-corrected chi connectivity index (χ2v) is 5.43. The summed E-state index contributed by atoms with van der Waals surface area (Å²) in [5.74, 6) is -0.446. The molecule has 0 saturated heterocycles. The molecular weight excluding hydrogens is 314 g/mol. The summed E-state index contributed by atoms with van der Waals surface area (Å²) in [6.07, 6.45) is 0.120. The predicted molar refractivity (Wildman–Crippen MR) is 90.9 cm³/mol. The van der Waals surface area contributed by atoms with Gasteiger partial charge in [-0.25, -0.2) is 4.79 Å². The van der Waals surface area contributed by atoms with Gasteiger partial charge in [0, 0.05) is 24.5 Å². The van der Waals surface area contributed by atoms with E-state index in [9.17, 15) is 9.59 Å². The number of amides is 3. The van der Waals surface area contributed by atoms with Crippen LogP contribution in [0.4, 0.5) is 4.79 Å². The molecule has 2 rings (SSSR count). The lowest BCUT2D eigenvalue weighted by molar-refractivity contribution is -0.117. The Morgan fingerprint density at radius 3 is 2.39 bits per heavy atom. The van der Waals surface area contributed by atoms with E-state index in [4.69, 9.17) is 17.3 Å². The summed E-state index contributed by atoms with van der Waals surface area (Å²) in [4.78, 5) is 22.3. The van der Waals surface area contributed by atoms with Crippen LogP contribution >= 0.6 is 11.6 Å². The highest BCUT2D eigenvalue weighted by Crippen LogP contribution is 2.25. The number of benzene rings is 2. The third-order valence-corrected chi connectivity index (χ3v) is 3.52. The maximum Gasteiger partial charge on any atom is 0.315 e. The zero-order valence-corrected chi connectivity index (χ0v) is 13.3. The summed E-state index contributed by atoms with van der Waals surface area (Å²) >= 11 is 5.91. The van der Waals surface area contributed by atoms with Gasteiger partial charge in [-0.15, -0.1) is 0 Å². The quantitative estimate of drug-likeness (QED) is 0.760. The molecule has 2 aromatic carbocycles. The normalized spacial score (nSPS) is 10.1. The molecule has 120 valence electrons. The maximum absolute atomic E-state index is 11.7. The molecule has 0 spiro atoms.